The Morgan fingerprint density at radius 2 is 1.31 bits per heavy atom. The van der Waals surface area contributed by atoms with Crippen LogP contribution >= 0.6 is 0 Å². The fourth-order valence-electron chi connectivity index (χ4n) is 3.17. The van der Waals surface area contributed by atoms with Crippen molar-refractivity contribution in [1.29, 1.82) is 0 Å². The summed E-state index contributed by atoms with van der Waals surface area (Å²) in [7, 11) is 1.64. The van der Waals surface area contributed by atoms with Crippen LogP contribution in [0.2, 0.25) is 0 Å². The van der Waals surface area contributed by atoms with Crippen LogP contribution in [-0.2, 0) is 11.3 Å². The molecule has 4 aromatic carbocycles. The van der Waals surface area contributed by atoms with E-state index in [1.54, 1.807) is 31.4 Å². The first kappa shape index (κ1) is 21.2. The summed E-state index contributed by atoms with van der Waals surface area (Å²) in [5.41, 5.74) is 3.21. The van der Waals surface area contributed by atoms with Gasteiger partial charge in [0.1, 0.15) is 5.82 Å². The predicted molar refractivity (Wildman–Crippen MR) is 119 cm³/mol. The first-order chi connectivity index (χ1) is 15.5. The van der Waals surface area contributed by atoms with Crippen LogP contribution in [0.25, 0.3) is 10.8 Å². The molecule has 0 aromatic heterocycles. The van der Waals surface area contributed by atoms with Gasteiger partial charge in [-0.15, -0.1) is 0 Å². The summed E-state index contributed by atoms with van der Waals surface area (Å²) in [5, 5.41) is 0.704. The molecule has 0 saturated heterocycles. The predicted octanol–water partition coefficient (Wildman–Crippen LogP) is 6.20. The summed E-state index contributed by atoms with van der Waals surface area (Å²) in [4.78, 5) is 0. The van der Waals surface area contributed by atoms with Crippen molar-refractivity contribution in [2.45, 2.75) is 6.61 Å². The van der Waals surface area contributed by atoms with Gasteiger partial charge in [-0.2, -0.15) is 0 Å². The van der Waals surface area contributed by atoms with Crippen molar-refractivity contribution in [1.82, 2.24) is 0 Å². The maximum atomic E-state index is 14.5. The molecule has 0 aliphatic rings. The van der Waals surface area contributed by atoms with Crippen LogP contribution in [-0.4, -0.2) is 7.11 Å². The molecule has 0 aliphatic carbocycles. The lowest BCUT2D eigenvalue weighted by molar-refractivity contribution is 0.185. The molecule has 1 nitrogen and oxygen atoms in total. The zero-order valence-electron chi connectivity index (χ0n) is 17.2. The lowest BCUT2D eigenvalue weighted by atomic mass is 10.1. The Morgan fingerprint density at radius 3 is 2.06 bits per heavy atom. The Balaban J connectivity index is 1.53. The lowest BCUT2D eigenvalue weighted by Crippen LogP contribution is -1.88. The van der Waals surface area contributed by atoms with Crippen molar-refractivity contribution >= 4 is 10.8 Å². The van der Waals surface area contributed by atoms with E-state index in [4.69, 9.17) is 4.74 Å². The van der Waals surface area contributed by atoms with Crippen LogP contribution in [0.4, 0.5) is 13.2 Å². The van der Waals surface area contributed by atoms with E-state index in [0.717, 1.165) is 17.2 Å². The molecular formula is C28H17F3O. The molecule has 0 atom stereocenters. The Morgan fingerprint density at radius 1 is 0.656 bits per heavy atom. The van der Waals surface area contributed by atoms with Gasteiger partial charge in [-0.05, 0) is 59.5 Å². The van der Waals surface area contributed by atoms with Gasteiger partial charge in [0.05, 0.1) is 12.2 Å². The zero-order valence-corrected chi connectivity index (χ0v) is 17.2. The number of fused-ring (bicyclic) bond motifs is 1. The minimum atomic E-state index is -0.898. The van der Waals surface area contributed by atoms with Crippen LogP contribution in [0.15, 0.2) is 72.8 Å². The Bertz CT molecular complexity index is 1420. The van der Waals surface area contributed by atoms with Crippen LogP contribution in [0.3, 0.4) is 0 Å². The van der Waals surface area contributed by atoms with Crippen LogP contribution in [0.5, 0.6) is 0 Å². The number of rotatable bonds is 2. The smallest absolute Gasteiger partial charge is 0.166 e. The summed E-state index contributed by atoms with van der Waals surface area (Å²) in [6.45, 7) is 0.538. The van der Waals surface area contributed by atoms with E-state index in [0.29, 0.717) is 23.1 Å². The van der Waals surface area contributed by atoms with Crippen molar-refractivity contribution in [3.8, 4) is 23.7 Å². The maximum absolute atomic E-state index is 14.5. The first-order valence-electron chi connectivity index (χ1n) is 9.83. The standard InChI is InChI=1S/C28H17F3O/c1-32-18-22-6-3-19(4-7-22)2-5-21-9-12-23(27(30)17-21)11-8-20-10-14-25-24(16-20)13-15-26(29)28(25)31/h3-4,6-7,9-10,12-17H,18H2,1H3. The van der Waals surface area contributed by atoms with Gasteiger partial charge in [0.25, 0.3) is 0 Å². The highest BCUT2D eigenvalue weighted by atomic mass is 19.2. The van der Waals surface area contributed by atoms with E-state index >= 15 is 0 Å². The van der Waals surface area contributed by atoms with Crippen LogP contribution in [0.1, 0.15) is 27.8 Å². The van der Waals surface area contributed by atoms with Crippen LogP contribution in [0, 0.1) is 41.1 Å². The zero-order chi connectivity index (χ0) is 22.5. The highest BCUT2D eigenvalue weighted by molar-refractivity contribution is 5.84. The van der Waals surface area contributed by atoms with Gasteiger partial charge >= 0.3 is 0 Å². The van der Waals surface area contributed by atoms with Crippen molar-refractivity contribution in [3.63, 3.8) is 0 Å². The van der Waals surface area contributed by atoms with E-state index in [1.165, 1.54) is 18.2 Å². The highest BCUT2D eigenvalue weighted by Crippen LogP contribution is 2.21. The number of methoxy groups -OCH3 is 1. The molecule has 156 valence electrons. The molecule has 4 heteroatoms. The third-order valence-electron chi connectivity index (χ3n) is 4.83. The van der Waals surface area contributed by atoms with Gasteiger partial charge in [-0.25, -0.2) is 13.2 Å². The molecule has 32 heavy (non-hydrogen) atoms. The number of hydrogen-bond donors (Lipinski definition) is 0. The molecule has 0 radical (unpaired) electrons. The van der Waals surface area contributed by atoms with E-state index in [1.807, 2.05) is 24.3 Å². The molecule has 0 saturated carbocycles. The highest BCUT2D eigenvalue weighted by Gasteiger charge is 2.07. The minimum Gasteiger partial charge on any atom is -0.380 e. The number of benzene rings is 4. The minimum absolute atomic E-state index is 0.179. The Labute approximate surface area is 184 Å². The average molecular weight is 426 g/mol. The second-order valence-electron chi connectivity index (χ2n) is 7.12. The molecule has 0 amide bonds. The summed E-state index contributed by atoms with van der Waals surface area (Å²) in [6, 6.07) is 19.5. The molecule has 0 unspecified atom stereocenters. The second-order valence-corrected chi connectivity index (χ2v) is 7.12. The number of ether oxygens (including phenoxy) is 1. The van der Waals surface area contributed by atoms with Crippen molar-refractivity contribution < 1.29 is 17.9 Å². The molecule has 0 spiro atoms. The third-order valence-corrected chi connectivity index (χ3v) is 4.83. The second kappa shape index (κ2) is 9.43. The van der Waals surface area contributed by atoms with Crippen molar-refractivity contribution in [2.24, 2.45) is 0 Å². The van der Waals surface area contributed by atoms with Gasteiger partial charge in [-0.1, -0.05) is 47.9 Å². The largest absolute Gasteiger partial charge is 0.380 e. The summed E-state index contributed by atoms with van der Waals surface area (Å²) >= 11 is 0. The average Bonchev–Trinajstić information content (AvgIpc) is 2.80. The fraction of sp³-hybridized carbons (Fsp3) is 0.0714. The molecule has 0 heterocycles. The molecule has 4 aromatic rings. The molecule has 0 bridgehead atoms. The Kier molecular flexibility index (Phi) is 6.26. The van der Waals surface area contributed by atoms with E-state index in [-0.39, 0.29) is 10.9 Å². The topological polar surface area (TPSA) is 9.23 Å². The number of hydrogen-bond acceptors (Lipinski definition) is 1. The SMILES string of the molecule is COCc1ccc(C#Cc2ccc(C#Cc3ccc4c(F)c(F)ccc4c3)c(F)c2)cc1. The van der Waals surface area contributed by atoms with Gasteiger partial charge in [-0.3, -0.25) is 0 Å². The van der Waals surface area contributed by atoms with E-state index in [2.05, 4.69) is 23.7 Å². The molecule has 4 rings (SSSR count). The van der Waals surface area contributed by atoms with E-state index in [9.17, 15) is 13.2 Å². The monoisotopic (exact) mass is 426 g/mol. The Hall–Kier alpha value is -3.99. The van der Waals surface area contributed by atoms with Gasteiger partial charge in [0.15, 0.2) is 11.6 Å². The lowest BCUT2D eigenvalue weighted by Gasteiger charge is -2.01. The van der Waals surface area contributed by atoms with Gasteiger partial charge < -0.3 is 4.74 Å². The van der Waals surface area contributed by atoms with Gasteiger partial charge in [0, 0.05) is 29.2 Å². The summed E-state index contributed by atoms with van der Waals surface area (Å²) in [6.07, 6.45) is 0. The summed E-state index contributed by atoms with van der Waals surface area (Å²) < 4.78 is 46.7. The molecule has 0 fully saturated rings. The quantitative estimate of drug-likeness (QED) is 0.347. The van der Waals surface area contributed by atoms with Crippen molar-refractivity contribution in [2.75, 3.05) is 7.11 Å². The third kappa shape index (κ3) is 4.83. The van der Waals surface area contributed by atoms with Crippen molar-refractivity contribution in [3.05, 3.63) is 118 Å². The van der Waals surface area contributed by atoms with E-state index < -0.39 is 17.5 Å². The van der Waals surface area contributed by atoms with Crippen LogP contribution < -0.4 is 0 Å². The fourth-order valence-corrected chi connectivity index (χ4v) is 3.17. The molecule has 0 aliphatic heterocycles. The summed E-state index contributed by atoms with van der Waals surface area (Å²) in [5.74, 6) is 9.34. The normalized spacial score (nSPS) is 10.2. The first-order valence-corrected chi connectivity index (χ1v) is 9.83. The van der Waals surface area contributed by atoms with Gasteiger partial charge in [0.2, 0.25) is 0 Å². The molecular weight excluding hydrogens is 409 g/mol. The molecule has 0 N–H and O–H groups in total. The maximum Gasteiger partial charge on any atom is 0.166 e. The number of halogens is 3.